The molecule has 0 spiro atoms. The van der Waals surface area contributed by atoms with E-state index in [1.807, 2.05) is 19.1 Å². The Bertz CT molecular complexity index is 440. The van der Waals surface area contributed by atoms with Crippen molar-refractivity contribution < 1.29 is 14.7 Å². The molecule has 1 saturated carbocycles. The summed E-state index contributed by atoms with van der Waals surface area (Å²) in [4.78, 5) is 23.9. The smallest absolute Gasteiger partial charge is 0.331 e. The van der Waals surface area contributed by atoms with E-state index >= 15 is 0 Å². The number of aryl methyl sites for hydroxylation is 1. The van der Waals surface area contributed by atoms with Crippen molar-refractivity contribution in [2.75, 3.05) is 0 Å². The van der Waals surface area contributed by atoms with Crippen LogP contribution in [0.15, 0.2) is 24.3 Å². The monoisotopic (exact) mass is 233 g/mol. The number of rotatable bonds is 5. The molecule has 1 atom stereocenters. The van der Waals surface area contributed by atoms with E-state index in [1.165, 1.54) is 4.90 Å². The quantitative estimate of drug-likeness (QED) is 0.788. The van der Waals surface area contributed by atoms with Gasteiger partial charge in [-0.2, -0.15) is 0 Å². The highest BCUT2D eigenvalue weighted by Gasteiger charge is 2.37. The molecule has 4 nitrogen and oxygen atoms in total. The second-order valence-electron chi connectivity index (χ2n) is 4.38. The fraction of sp³-hybridized carbons (Fsp3) is 0.385. The summed E-state index contributed by atoms with van der Waals surface area (Å²) in [6, 6.07) is 6.53. The third kappa shape index (κ3) is 2.30. The zero-order valence-electron chi connectivity index (χ0n) is 9.67. The van der Waals surface area contributed by atoms with Crippen LogP contribution in [-0.4, -0.2) is 28.4 Å². The molecule has 4 heteroatoms. The lowest BCUT2D eigenvalue weighted by atomic mass is 10.0. The second-order valence-corrected chi connectivity index (χ2v) is 4.38. The van der Waals surface area contributed by atoms with Gasteiger partial charge in [0.2, 0.25) is 6.41 Å². The van der Waals surface area contributed by atoms with Gasteiger partial charge in [-0.1, -0.05) is 24.3 Å². The van der Waals surface area contributed by atoms with Crippen molar-refractivity contribution in [3.05, 3.63) is 35.4 Å². The maximum absolute atomic E-state index is 11.4. The van der Waals surface area contributed by atoms with Gasteiger partial charge in [-0.15, -0.1) is 0 Å². The van der Waals surface area contributed by atoms with Gasteiger partial charge >= 0.3 is 5.97 Å². The van der Waals surface area contributed by atoms with Crippen LogP contribution in [0.4, 0.5) is 0 Å². The number of carbonyl (C=O) groups excluding carboxylic acids is 1. The van der Waals surface area contributed by atoms with E-state index in [-0.39, 0.29) is 6.04 Å². The molecule has 1 aromatic rings. The highest BCUT2D eigenvalue weighted by molar-refractivity contribution is 5.79. The van der Waals surface area contributed by atoms with Gasteiger partial charge in [-0.05, 0) is 30.9 Å². The lowest BCUT2D eigenvalue weighted by Crippen LogP contribution is -2.35. The molecule has 1 N–H and O–H groups in total. The summed E-state index contributed by atoms with van der Waals surface area (Å²) in [6.07, 6.45) is 2.45. The van der Waals surface area contributed by atoms with E-state index in [0.717, 1.165) is 18.4 Å². The van der Waals surface area contributed by atoms with Crippen molar-refractivity contribution in [1.82, 2.24) is 4.90 Å². The standard InChI is InChI=1S/C13H15NO3/c1-9-4-2-3-5-11(9)12(13(16)17)14(8-15)10-6-7-10/h2-5,8,10,12H,6-7H2,1H3,(H,16,17). The Morgan fingerprint density at radius 3 is 2.59 bits per heavy atom. The summed E-state index contributed by atoms with van der Waals surface area (Å²) < 4.78 is 0. The molecule has 0 radical (unpaired) electrons. The van der Waals surface area contributed by atoms with Crippen molar-refractivity contribution in [2.24, 2.45) is 0 Å². The lowest BCUT2D eigenvalue weighted by Gasteiger charge is -2.26. The Hall–Kier alpha value is -1.84. The fourth-order valence-electron chi connectivity index (χ4n) is 2.05. The first-order chi connectivity index (χ1) is 8.15. The van der Waals surface area contributed by atoms with E-state index in [0.29, 0.717) is 12.0 Å². The van der Waals surface area contributed by atoms with E-state index in [2.05, 4.69) is 0 Å². The van der Waals surface area contributed by atoms with Crippen LogP contribution in [0.2, 0.25) is 0 Å². The molecule has 1 aliphatic carbocycles. The Labute approximate surface area is 99.9 Å². The minimum atomic E-state index is -0.974. The van der Waals surface area contributed by atoms with Crippen LogP contribution >= 0.6 is 0 Å². The summed E-state index contributed by atoms with van der Waals surface area (Å²) in [7, 11) is 0. The van der Waals surface area contributed by atoms with Crippen LogP contribution in [0.5, 0.6) is 0 Å². The van der Waals surface area contributed by atoms with E-state index in [9.17, 15) is 14.7 Å². The molecule has 1 amide bonds. The highest BCUT2D eigenvalue weighted by Crippen LogP contribution is 2.34. The first kappa shape index (κ1) is 11.6. The Morgan fingerprint density at radius 1 is 1.47 bits per heavy atom. The number of carboxylic acids is 1. The molecule has 1 unspecified atom stereocenters. The summed E-state index contributed by atoms with van der Waals surface area (Å²) in [6.45, 7) is 1.86. The number of aliphatic carboxylic acids is 1. The largest absolute Gasteiger partial charge is 0.479 e. The third-order valence-corrected chi connectivity index (χ3v) is 3.11. The average molecular weight is 233 g/mol. The molecule has 2 rings (SSSR count). The summed E-state index contributed by atoms with van der Waals surface area (Å²) in [5, 5.41) is 9.33. The van der Waals surface area contributed by atoms with Crippen molar-refractivity contribution in [3.8, 4) is 0 Å². The van der Waals surface area contributed by atoms with E-state index in [4.69, 9.17) is 0 Å². The number of hydrogen-bond acceptors (Lipinski definition) is 2. The normalized spacial score (nSPS) is 16.3. The molecule has 1 fully saturated rings. The molecule has 90 valence electrons. The van der Waals surface area contributed by atoms with Crippen LogP contribution in [-0.2, 0) is 9.59 Å². The van der Waals surface area contributed by atoms with Crippen molar-refractivity contribution >= 4 is 12.4 Å². The Morgan fingerprint density at radius 2 is 2.12 bits per heavy atom. The zero-order chi connectivity index (χ0) is 12.4. The molecule has 0 aromatic heterocycles. The van der Waals surface area contributed by atoms with Gasteiger partial charge in [-0.3, -0.25) is 4.79 Å². The molecule has 1 aromatic carbocycles. The maximum Gasteiger partial charge on any atom is 0.331 e. The van der Waals surface area contributed by atoms with Gasteiger partial charge in [0.15, 0.2) is 6.04 Å². The first-order valence-corrected chi connectivity index (χ1v) is 5.66. The topological polar surface area (TPSA) is 57.6 Å². The predicted molar refractivity (Wildman–Crippen MR) is 62.5 cm³/mol. The molecular weight excluding hydrogens is 218 g/mol. The molecular formula is C13H15NO3. The van der Waals surface area contributed by atoms with Gasteiger partial charge in [0.05, 0.1) is 0 Å². The van der Waals surface area contributed by atoms with Crippen LogP contribution in [0.3, 0.4) is 0 Å². The minimum absolute atomic E-state index is 0.0909. The van der Waals surface area contributed by atoms with Crippen molar-refractivity contribution in [1.29, 1.82) is 0 Å². The third-order valence-electron chi connectivity index (χ3n) is 3.11. The Balaban J connectivity index is 2.37. The second kappa shape index (κ2) is 4.57. The van der Waals surface area contributed by atoms with Crippen LogP contribution in [0.1, 0.15) is 30.0 Å². The lowest BCUT2D eigenvalue weighted by molar-refractivity contribution is -0.147. The van der Waals surface area contributed by atoms with Gasteiger partial charge < -0.3 is 10.0 Å². The van der Waals surface area contributed by atoms with Crippen molar-refractivity contribution in [3.63, 3.8) is 0 Å². The SMILES string of the molecule is Cc1ccccc1C(C(=O)O)N(C=O)C1CC1. The predicted octanol–water partition coefficient (Wildman–Crippen LogP) is 1.74. The van der Waals surface area contributed by atoms with E-state index in [1.54, 1.807) is 12.1 Å². The zero-order valence-corrected chi connectivity index (χ0v) is 9.67. The molecule has 0 saturated heterocycles. The van der Waals surface area contributed by atoms with E-state index < -0.39 is 12.0 Å². The summed E-state index contributed by atoms with van der Waals surface area (Å²) >= 11 is 0. The molecule has 1 aliphatic rings. The van der Waals surface area contributed by atoms with Gasteiger partial charge in [0, 0.05) is 6.04 Å². The van der Waals surface area contributed by atoms with Crippen LogP contribution in [0, 0.1) is 6.92 Å². The molecule has 0 heterocycles. The summed E-state index contributed by atoms with van der Waals surface area (Å²) in [5.74, 6) is -0.974. The fourth-order valence-corrected chi connectivity index (χ4v) is 2.05. The number of carboxylic acid groups (broad SMARTS) is 1. The maximum atomic E-state index is 11.4. The number of amides is 1. The van der Waals surface area contributed by atoms with Gasteiger partial charge in [0.25, 0.3) is 0 Å². The van der Waals surface area contributed by atoms with Crippen LogP contribution < -0.4 is 0 Å². The number of nitrogens with zero attached hydrogens (tertiary/aromatic N) is 1. The Kier molecular flexibility index (Phi) is 3.13. The van der Waals surface area contributed by atoms with Gasteiger partial charge in [0.1, 0.15) is 0 Å². The molecule has 0 bridgehead atoms. The molecule has 0 aliphatic heterocycles. The number of benzene rings is 1. The van der Waals surface area contributed by atoms with Crippen molar-refractivity contribution in [2.45, 2.75) is 31.8 Å². The molecule has 17 heavy (non-hydrogen) atoms. The minimum Gasteiger partial charge on any atom is -0.479 e. The number of carbonyl (C=O) groups is 2. The van der Waals surface area contributed by atoms with Crippen LogP contribution in [0.25, 0.3) is 0 Å². The first-order valence-electron chi connectivity index (χ1n) is 5.66. The number of hydrogen-bond donors (Lipinski definition) is 1. The summed E-state index contributed by atoms with van der Waals surface area (Å²) in [5.41, 5.74) is 1.59. The van der Waals surface area contributed by atoms with Gasteiger partial charge in [-0.25, -0.2) is 4.79 Å². The average Bonchev–Trinajstić information content (AvgIpc) is 3.10. The highest BCUT2D eigenvalue weighted by atomic mass is 16.4.